The van der Waals surface area contributed by atoms with Gasteiger partial charge in [0.1, 0.15) is 29.9 Å². The van der Waals surface area contributed by atoms with Crippen LogP contribution in [-0.4, -0.2) is 110 Å². The number of amides is 5. The van der Waals surface area contributed by atoms with Crippen LogP contribution in [0.5, 0.6) is 5.75 Å². The van der Waals surface area contributed by atoms with Crippen LogP contribution in [0, 0.1) is 5.92 Å². The number of aromatic hydroxyl groups is 1. The number of carboxylic acids is 1. The first-order valence-electron chi connectivity index (χ1n) is 17.2. The van der Waals surface area contributed by atoms with Crippen molar-refractivity contribution in [2.75, 3.05) is 19.6 Å². The Morgan fingerprint density at radius 3 is 2.31 bits per heavy atom. The molecule has 3 rings (SSSR count). The van der Waals surface area contributed by atoms with E-state index >= 15 is 0 Å². The van der Waals surface area contributed by atoms with Crippen molar-refractivity contribution in [1.29, 1.82) is 0 Å². The highest BCUT2D eigenvalue weighted by atomic mass is 16.4. The van der Waals surface area contributed by atoms with Gasteiger partial charge in [0.05, 0.1) is 18.9 Å². The van der Waals surface area contributed by atoms with Crippen LogP contribution in [0.25, 0.3) is 0 Å². The smallest absolute Gasteiger partial charge is 0.326 e. The third-order valence-corrected chi connectivity index (χ3v) is 8.51. The van der Waals surface area contributed by atoms with E-state index in [0.29, 0.717) is 49.9 Å². The van der Waals surface area contributed by atoms with Crippen molar-refractivity contribution in [2.24, 2.45) is 17.4 Å². The summed E-state index contributed by atoms with van der Waals surface area (Å²) in [5.41, 5.74) is 12.8. The third kappa shape index (κ3) is 13.0. The zero-order valence-electron chi connectivity index (χ0n) is 29.1. The number of hydrogen-bond donors (Lipinski definition) is 9. The number of aliphatic carboxylic acids is 1. The second-order valence-corrected chi connectivity index (χ2v) is 13.2. The van der Waals surface area contributed by atoms with Gasteiger partial charge >= 0.3 is 5.97 Å². The van der Waals surface area contributed by atoms with E-state index in [2.05, 4.69) is 31.2 Å². The lowest BCUT2D eigenvalue weighted by molar-refractivity contribution is -0.142. The maximum Gasteiger partial charge on any atom is 0.326 e. The molecule has 1 fully saturated rings. The van der Waals surface area contributed by atoms with E-state index in [9.17, 15) is 39.0 Å². The van der Waals surface area contributed by atoms with Crippen LogP contribution in [0.3, 0.4) is 0 Å². The highest BCUT2D eigenvalue weighted by molar-refractivity contribution is 5.95. The molecule has 5 amide bonds. The largest absolute Gasteiger partial charge is 0.508 e. The lowest BCUT2D eigenvalue weighted by Gasteiger charge is -2.29. The summed E-state index contributed by atoms with van der Waals surface area (Å²) in [6, 6.07) is 0.752. The number of nitrogens with zero attached hydrogens (tertiary/aromatic N) is 2. The molecule has 0 radical (unpaired) electrons. The van der Waals surface area contributed by atoms with Gasteiger partial charge in [-0.1, -0.05) is 26.0 Å². The summed E-state index contributed by atoms with van der Waals surface area (Å²) in [7, 11) is 0. The van der Waals surface area contributed by atoms with Gasteiger partial charge in [-0.2, -0.15) is 0 Å². The van der Waals surface area contributed by atoms with Crippen LogP contribution < -0.4 is 32.7 Å². The highest BCUT2D eigenvalue weighted by Crippen LogP contribution is 2.20. The number of benzene rings is 1. The average Bonchev–Trinajstić information content (AvgIpc) is 3.79. The maximum atomic E-state index is 13.8. The molecule has 1 aromatic heterocycles. The Hall–Kier alpha value is -5.03. The number of H-pyrrole nitrogens is 1. The molecule has 280 valence electrons. The lowest BCUT2D eigenvalue weighted by atomic mass is 10.0. The van der Waals surface area contributed by atoms with Crippen molar-refractivity contribution < 1.29 is 39.0 Å². The van der Waals surface area contributed by atoms with Crippen LogP contribution in [0.15, 0.2) is 36.8 Å². The van der Waals surface area contributed by atoms with Gasteiger partial charge in [0.25, 0.3) is 0 Å². The molecule has 1 saturated heterocycles. The number of carbonyl (C=O) groups excluding carboxylic acids is 5. The van der Waals surface area contributed by atoms with Crippen molar-refractivity contribution >= 4 is 35.5 Å². The number of nitrogens with two attached hydrogens (primary N) is 2. The first-order valence-corrected chi connectivity index (χ1v) is 17.2. The zero-order chi connectivity index (χ0) is 37.5. The molecule has 0 spiro atoms. The molecule has 17 heteroatoms. The standard InChI is InChI=1S/C34H51N9O8/c1-20(2)14-24(36)30(46)42-27(16-22-17-37-19-39-22)33(49)43-13-5-7-28(43)32(48)38-18-29(45)40-26(15-21-8-10-23(44)11-9-21)31(47)41-25(34(50)51)6-3-4-12-35/h8-11,17,19-20,24-28,44H,3-7,12-16,18,35-36H2,1-2H3,(H,37,39)(H,38,48)(H,40,45)(H,41,47)(H,42,46)(H,50,51)/t24-,25-,26-,27-,28-/m0/s1. The molecule has 1 aliphatic rings. The molecule has 0 aliphatic carbocycles. The molecule has 0 bridgehead atoms. The van der Waals surface area contributed by atoms with Crippen LogP contribution in [0.2, 0.25) is 0 Å². The van der Waals surface area contributed by atoms with Gasteiger partial charge in [-0.15, -0.1) is 0 Å². The number of rotatable bonds is 20. The van der Waals surface area contributed by atoms with Crippen molar-refractivity contribution in [3.8, 4) is 5.75 Å². The van der Waals surface area contributed by atoms with Gasteiger partial charge in [-0.25, -0.2) is 9.78 Å². The molecule has 51 heavy (non-hydrogen) atoms. The molecule has 0 unspecified atom stereocenters. The normalized spacial score (nSPS) is 16.5. The number of carbonyl (C=O) groups is 6. The predicted octanol–water partition coefficient (Wildman–Crippen LogP) is -0.951. The third-order valence-electron chi connectivity index (χ3n) is 8.51. The summed E-state index contributed by atoms with van der Waals surface area (Å²) >= 11 is 0. The second-order valence-electron chi connectivity index (χ2n) is 13.2. The molecular formula is C34H51N9O8. The first kappa shape index (κ1) is 40.4. The van der Waals surface area contributed by atoms with E-state index in [1.807, 2.05) is 13.8 Å². The Morgan fingerprint density at radius 1 is 0.980 bits per heavy atom. The number of phenolic OH excluding ortho intramolecular Hbond substituents is 1. The fraction of sp³-hybridized carbons (Fsp3) is 0.559. The Bertz CT molecular complexity index is 1470. The fourth-order valence-corrected chi connectivity index (χ4v) is 5.84. The summed E-state index contributed by atoms with van der Waals surface area (Å²) in [4.78, 5) is 86.5. The molecule has 11 N–H and O–H groups in total. The van der Waals surface area contributed by atoms with Gasteiger partial charge < -0.3 is 52.8 Å². The van der Waals surface area contributed by atoms with Crippen molar-refractivity contribution in [3.63, 3.8) is 0 Å². The van der Waals surface area contributed by atoms with Crippen LogP contribution in [-0.2, 0) is 41.6 Å². The topological polar surface area (TPSA) is 275 Å². The van der Waals surface area contributed by atoms with Crippen molar-refractivity contribution in [1.82, 2.24) is 36.1 Å². The molecule has 1 aromatic carbocycles. The highest BCUT2D eigenvalue weighted by Gasteiger charge is 2.38. The number of phenols is 1. The van der Waals surface area contributed by atoms with E-state index in [1.54, 1.807) is 12.1 Å². The average molecular weight is 714 g/mol. The minimum Gasteiger partial charge on any atom is -0.508 e. The van der Waals surface area contributed by atoms with Crippen molar-refractivity contribution in [2.45, 2.75) is 95.4 Å². The maximum absolute atomic E-state index is 13.8. The number of carboxylic acid groups (broad SMARTS) is 1. The minimum atomic E-state index is -1.23. The molecule has 2 aromatic rings. The Kier molecular flexibility index (Phi) is 15.8. The zero-order valence-corrected chi connectivity index (χ0v) is 29.1. The SMILES string of the molecule is CC(C)C[C@H](N)C(=O)N[C@@H](Cc1cnc[nH]1)C(=O)N1CCC[C@H]1C(=O)NCC(=O)N[C@@H](Cc1ccc(O)cc1)C(=O)N[C@@H](CCCCN)C(=O)O. The molecule has 1 aliphatic heterocycles. The summed E-state index contributed by atoms with van der Waals surface area (Å²) in [5, 5.41) is 29.6. The van der Waals surface area contributed by atoms with Gasteiger partial charge in [0.15, 0.2) is 0 Å². The number of imidazole rings is 1. The molecule has 5 atom stereocenters. The van der Waals surface area contributed by atoms with E-state index in [1.165, 1.54) is 29.6 Å². The number of nitrogens with one attached hydrogen (secondary N) is 5. The second kappa shape index (κ2) is 20.0. The van der Waals surface area contributed by atoms with Gasteiger partial charge in [0, 0.05) is 31.3 Å². The van der Waals surface area contributed by atoms with Crippen LogP contribution in [0.1, 0.15) is 63.6 Å². The van der Waals surface area contributed by atoms with E-state index in [4.69, 9.17) is 11.5 Å². The molecular weight excluding hydrogens is 662 g/mol. The number of hydrogen-bond acceptors (Lipinski definition) is 10. The predicted molar refractivity (Wildman–Crippen MR) is 186 cm³/mol. The molecule has 2 heterocycles. The lowest BCUT2D eigenvalue weighted by Crippen LogP contribution is -2.57. The number of aromatic amines is 1. The Balaban J connectivity index is 1.67. The Labute approximate surface area is 296 Å². The van der Waals surface area contributed by atoms with Gasteiger partial charge in [-0.05, 0) is 68.7 Å². The first-order chi connectivity index (χ1) is 24.3. The molecule has 0 saturated carbocycles. The van der Waals surface area contributed by atoms with Gasteiger partial charge in [0.2, 0.25) is 29.5 Å². The summed E-state index contributed by atoms with van der Waals surface area (Å²) in [6.07, 6.45) is 5.48. The van der Waals surface area contributed by atoms with Crippen LogP contribution >= 0.6 is 0 Å². The number of unbranched alkanes of at least 4 members (excludes halogenated alkanes) is 1. The van der Waals surface area contributed by atoms with Gasteiger partial charge in [-0.3, -0.25) is 24.0 Å². The quantitative estimate of drug-likeness (QED) is 0.0755. The number of aromatic nitrogens is 2. The number of likely N-dealkylation sites (tertiary alicyclic amines) is 1. The van der Waals surface area contributed by atoms with Crippen molar-refractivity contribution in [3.05, 3.63) is 48.0 Å². The van der Waals surface area contributed by atoms with E-state index in [-0.39, 0.29) is 37.5 Å². The fourth-order valence-electron chi connectivity index (χ4n) is 5.84. The minimum absolute atomic E-state index is 0.00138. The summed E-state index contributed by atoms with van der Waals surface area (Å²) < 4.78 is 0. The van der Waals surface area contributed by atoms with Crippen LogP contribution in [0.4, 0.5) is 0 Å². The molecule has 17 nitrogen and oxygen atoms in total. The summed E-state index contributed by atoms with van der Waals surface area (Å²) in [5.74, 6) is -4.11. The summed E-state index contributed by atoms with van der Waals surface area (Å²) in [6.45, 7) is 3.95. The van der Waals surface area contributed by atoms with E-state index < -0.39 is 72.3 Å². The monoisotopic (exact) mass is 713 g/mol. The van der Waals surface area contributed by atoms with E-state index in [0.717, 1.165) is 0 Å². The Morgan fingerprint density at radius 2 is 1.69 bits per heavy atom.